The number of nitrogens with zero attached hydrogens (tertiary/aromatic N) is 1. The van der Waals surface area contributed by atoms with Crippen LogP contribution in [0, 0.1) is 12.7 Å². The van der Waals surface area contributed by atoms with Crippen molar-refractivity contribution in [1.29, 1.82) is 0 Å². The molecule has 5 nitrogen and oxygen atoms in total. The number of hydrogen-bond donors (Lipinski definition) is 1. The summed E-state index contributed by atoms with van der Waals surface area (Å²) in [6, 6.07) is 3.48. The quantitative estimate of drug-likeness (QED) is 0.917. The van der Waals surface area contributed by atoms with Crippen molar-refractivity contribution in [3.8, 4) is 0 Å². The van der Waals surface area contributed by atoms with Crippen LogP contribution in [0.4, 0.5) is 10.1 Å². The molecular weight excluding hydrogens is 295 g/mol. The van der Waals surface area contributed by atoms with Gasteiger partial charge in [0, 0.05) is 12.2 Å². The first-order valence-electron chi connectivity index (χ1n) is 6.91. The third-order valence-corrected chi connectivity index (χ3v) is 4.99. The van der Waals surface area contributed by atoms with Crippen molar-refractivity contribution >= 4 is 21.6 Å². The van der Waals surface area contributed by atoms with Gasteiger partial charge in [0.25, 0.3) is 0 Å². The van der Waals surface area contributed by atoms with Crippen molar-refractivity contribution in [1.82, 2.24) is 4.72 Å². The Hall–Kier alpha value is -1.47. The summed E-state index contributed by atoms with van der Waals surface area (Å²) in [5.74, 6) is -0.705. The molecule has 1 atom stereocenters. The van der Waals surface area contributed by atoms with E-state index in [1.165, 1.54) is 24.0 Å². The minimum absolute atomic E-state index is 0.0631. The van der Waals surface area contributed by atoms with E-state index in [0.29, 0.717) is 30.6 Å². The Morgan fingerprint density at radius 1 is 1.43 bits per heavy atom. The highest BCUT2D eigenvalue weighted by Crippen LogP contribution is 2.25. The largest absolute Gasteiger partial charge is 0.311 e. The van der Waals surface area contributed by atoms with Gasteiger partial charge < -0.3 is 4.90 Å². The lowest BCUT2D eigenvalue weighted by Gasteiger charge is -2.33. The molecular formula is C14H19FN2O3S. The molecule has 21 heavy (non-hydrogen) atoms. The average molecular weight is 314 g/mol. The molecule has 1 amide bonds. The molecule has 0 aromatic heterocycles. The molecule has 1 saturated heterocycles. The molecule has 1 N–H and O–H groups in total. The topological polar surface area (TPSA) is 66.5 Å². The molecule has 0 aliphatic carbocycles. The Balaban J connectivity index is 2.24. The van der Waals surface area contributed by atoms with Gasteiger partial charge in [-0.3, -0.25) is 4.79 Å². The molecule has 1 aliphatic rings. The molecule has 1 aromatic carbocycles. The summed E-state index contributed by atoms with van der Waals surface area (Å²) in [7, 11) is -3.43. The monoisotopic (exact) mass is 314 g/mol. The zero-order valence-corrected chi connectivity index (χ0v) is 12.9. The third kappa shape index (κ3) is 3.59. The van der Waals surface area contributed by atoms with E-state index in [9.17, 15) is 17.6 Å². The third-order valence-electron chi connectivity index (χ3n) is 3.59. The minimum Gasteiger partial charge on any atom is -0.311 e. The lowest BCUT2D eigenvalue weighted by atomic mass is 10.0. The maximum Gasteiger partial charge on any atom is 0.245 e. The molecule has 1 fully saturated rings. The van der Waals surface area contributed by atoms with E-state index < -0.39 is 16.1 Å². The number of rotatable bonds is 4. The first kappa shape index (κ1) is 15.9. The highest BCUT2D eigenvalue weighted by Gasteiger charge is 2.32. The molecule has 116 valence electrons. The number of anilines is 1. The number of aryl methyl sites for hydroxylation is 1. The van der Waals surface area contributed by atoms with E-state index in [1.807, 2.05) is 0 Å². The second kappa shape index (κ2) is 6.11. The molecule has 0 radical (unpaired) electrons. The summed E-state index contributed by atoms with van der Waals surface area (Å²) in [5, 5.41) is 0. The molecule has 2 rings (SSSR count). The predicted octanol–water partition coefficient (Wildman–Crippen LogP) is 1.57. The number of sulfonamides is 1. The number of benzene rings is 1. The van der Waals surface area contributed by atoms with Gasteiger partial charge in [-0.05, 0) is 50.5 Å². The van der Waals surface area contributed by atoms with Crippen LogP contribution in [0.1, 0.15) is 25.3 Å². The second-order valence-electron chi connectivity index (χ2n) is 5.14. The van der Waals surface area contributed by atoms with Crippen molar-refractivity contribution in [2.75, 3.05) is 17.2 Å². The van der Waals surface area contributed by atoms with Gasteiger partial charge in [0.05, 0.1) is 5.75 Å². The van der Waals surface area contributed by atoms with Gasteiger partial charge in [0.15, 0.2) is 0 Å². The first-order chi connectivity index (χ1) is 9.84. The molecule has 1 heterocycles. The highest BCUT2D eigenvalue weighted by atomic mass is 32.2. The van der Waals surface area contributed by atoms with Crippen molar-refractivity contribution in [2.45, 2.75) is 32.7 Å². The number of halogens is 1. The van der Waals surface area contributed by atoms with E-state index in [-0.39, 0.29) is 17.5 Å². The molecule has 7 heteroatoms. The average Bonchev–Trinajstić information content (AvgIpc) is 2.42. The Bertz CT molecular complexity index is 646. The summed E-state index contributed by atoms with van der Waals surface area (Å²) in [6.45, 7) is 3.76. The number of carbonyl (C=O) groups is 1. The summed E-state index contributed by atoms with van der Waals surface area (Å²) in [5.41, 5.74) is 1.28. The summed E-state index contributed by atoms with van der Waals surface area (Å²) in [4.78, 5) is 14.0. The van der Waals surface area contributed by atoms with Gasteiger partial charge in [-0.2, -0.15) is 0 Å². The lowest BCUT2D eigenvalue weighted by Crippen LogP contribution is -2.52. The number of piperidine rings is 1. The van der Waals surface area contributed by atoms with Crippen LogP contribution in [-0.2, 0) is 14.8 Å². The van der Waals surface area contributed by atoms with Gasteiger partial charge in [0.2, 0.25) is 15.9 Å². The molecule has 0 spiro atoms. The van der Waals surface area contributed by atoms with Crippen LogP contribution in [0.5, 0.6) is 0 Å². The first-order valence-corrected chi connectivity index (χ1v) is 8.57. The fourth-order valence-corrected chi connectivity index (χ4v) is 3.26. The van der Waals surface area contributed by atoms with Crippen LogP contribution in [0.15, 0.2) is 18.2 Å². The molecule has 0 saturated carbocycles. The van der Waals surface area contributed by atoms with E-state index in [4.69, 9.17) is 0 Å². The SMILES string of the molecule is CCS(=O)(=O)N[C@H]1CCCN(c2ccc(F)cc2C)C1=O. The molecule has 1 aromatic rings. The van der Waals surface area contributed by atoms with E-state index >= 15 is 0 Å². The number of carbonyl (C=O) groups excluding carboxylic acids is 1. The predicted molar refractivity (Wildman–Crippen MR) is 79.1 cm³/mol. The number of nitrogens with one attached hydrogen (secondary N) is 1. The second-order valence-corrected chi connectivity index (χ2v) is 7.18. The molecule has 1 aliphatic heterocycles. The zero-order valence-electron chi connectivity index (χ0n) is 12.1. The summed E-state index contributed by atoms with van der Waals surface area (Å²) < 4.78 is 38.9. The maximum absolute atomic E-state index is 13.2. The zero-order chi connectivity index (χ0) is 15.6. The lowest BCUT2D eigenvalue weighted by molar-refractivity contribution is -0.121. The number of amides is 1. The standard InChI is InChI=1S/C14H19FN2O3S/c1-3-21(19,20)16-12-5-4-8-17(14(12)18)13-7-6-11(15)9-10(13)2/h6-7,9,12,16H,3-5,8H2,1-2H3/t12-/m0/s1. The smallest absolute Gasteiger partial charge is 0.245 e. The van der Waals surface area contributed by atoms with Crippen molar-refractivity contribution in [3.05, 3.63) is 29.6 Å². The van der Waals surface area contributed by atoms with Gasteiger partial charge >= 0.3 is 0 Å². The van der Waals surface area contributed by atoms with Crippen LogP contribution < -0.4 is 9.62 Å². The van der Waals surface area contributed by atoms with Crippen LogP contribution in [0.2, 0.25) is 0 Å². The van der Waals surface area contributed by atoms with E-state index in [2.05, 4.69) is 4.72 Å². The maximum atomic E-state index is 13.2. The normalized spacial score (nSPS) is 19.9. The van der Waals surface area contributed by atoms with Gasteiger partial charge in [-0.25, -0.2) is 17.5 Å². The molecule has 0 unspecified atom stereocenters. The Kier molecular flexibility index (Phi) is 4.63. The van der Waals surface area contributed by atoms with Crippen LogP contribution in [0.25, 0.3) is 0 Å². The van der Waals surface area contributed by atoms with Gasteiger partial charge in [0.1, 0.15) is 11.9 Å². The van der Waals surface area contributed by atoms with Crippen LogP contribution in [0.3, 0.4) is 0 Å². The Labute approximate surface area is 124 Å². The summed E-state index contributed by atoms with van der Waals surface area (Å²) in [6.07, 6.45) is 1.17. The Morgan fingerprint density at radius 3 is 2.76 bits per heavy atom. The van der Waals surface area contributed by atoms with Crippen molar-refractivity contribution in [3.63, 3.8) is 0 Å². The fraction of sp³-hybridized carbons (Fsp3) is 0.500. The van der Waals surface area contributed by atoms with Gasteiger partial charge in [-0.15, -0.1) is 0 Å². The fourth-order valence-electron chi connectivity index (χ4n) is 2.45. The van der Waals surface area contributed by atoms with Crippen LogP contribution >= 0.6 is 0 Å². The number of hydrogen-bond acceptors (Lipinski definition) is 3. The van der Waals surface area contributed by atoms with Crippen LogP contribution in [-0.4, -0.2) is 32.7 Å². The van der Waals surface area contributed by atoms with E-state index in [1.54, 1.807) is 13.0 Å². The Morgan fingerprint density at radius 2 is 2.14 bits per heavy atom. The van der Waals surface area contributed by atoms with E-state index in [0.717, 1.165) is 0 Å². The van der Waals surface area contributed by atoms with Crippen molar-refractivity contribution < 1.29 is 17.6 Å². The van der Waals surface area contributed by atoms with Gasteiger partial charge in [-0.1, -0.05) is 0 Å². The molecule has 0 bridgehead atoms. The summed E-state index contributed by atoms with van der Waals surface area (Å²) >= 11 is 0. The minimum atomic E-state index is -3.43. The van der Waals surface area contributed by atoms with Crippen molar-refractivity contribution in [2.24, 2.45) is 0 Å². The highest BCUT2D eigenvalue weighted by molar-refractivity contribution is 7.89.